The van der Waals surface area contributed by atoms with Crippen LogP contribution in [0.5, 0.6) is 5.75 Å². The molecular formula is C18H20N2O4. The van der Waals surface area contributed by atoms with E-state index in [0.29, 0.717) is 35.8 Å². The van der Waals surface area contributed by atoms with Crippen molar-refractivity contribution in [2.75, 3.05) is 32.7 Å². The lowest BCUT2D eigenvalue weighted by molar-refractivity contribution is 0.0962. The molecule has 0 aromatic heterocycles. The van der Waals surface area contributed by atoms with Crippen molar-refractivity contribution < 1.29 is 19.1 Å². The third-order valence-electron chi connectivity index (χ3n) is 3.30. The molecule has 0 heterocycles. The SMILES string of the molecule is CNC(=O)c1ccc(NC(=O)c2ccc(OCCOC)cc2)cc1. The molecule has 0 aliphatic carbocycles. The minimum atomic E-state index is -0.230. The zero-order valence-electron chi connectivity index (χ0n) is 13.7. The number of anilines is 1. The molecule has 2 aromatic carbocycles. The van der Waals surface area contributed by atoms with Crippen molar-refractivity contribution in [1.29, 1.82) is 0 Å². The Morgan fingerprint density at radius 1 is 0.875 bits per heavy atom. The molecule has 6 nitrogen and oxygen atoms in total. The average Bonchev–Trinajstić information content (AvgIpc) is 2.62. The van der Waals surface area contributed by atoms with Crippen LogP contribution < -0.4 is 15.4 Å². The minimum Gasteiger partial charge on any atom is -0.491 e. The Morgan fingerprint density at radius 3 is 2.04 bits per heavy atom. The second-order valence-corrected chi connectivity index (χ2v) is 4.98. The summed E-state index contributed by atoms with van der Waals surface area (Å²) in [5, 5.41) is 5.33. The van der Waals surface area contributed by atoms with Crippen LogP contribution in [0.15, 0.2) is 48.5 Å². The standard InChI is InChI=1S/C18H20N2O4/c1-19-17(21)13-3-7-15(8-4-13)20-18(22)14-5-9-16(10-6-14)24-12-11-23-2/h3-10H,11-12H2,1-2H3,(H,19,21)(H,20,22). The summed E-state index contributed by atoms with van der Waals surface area (Å²) in [6.07, 6.45) is 0. The van der Waals surface area contributed by atoms with Gasteiger partial charge in [0.15, 0.2) is 0 Å². The van der Waals surface area contributed by atoms with Crippen molar-refractivity contribution >= 4 is 17.5 Å². The van der Waals surface area contributed by atoms with Crippen molar-refractivity contribution in [1.82, 2.24) is 5.32 Å². The molecule has 0 aliphatic heterocycles. The first-order valence-corrected chi connectivity index (χ1v) is 7.49. The van der Waals surface area contributed by atoms with Crippen LogP contribution in [0.4, 0.5) is 5.69 Å². The summed E-state index contributed by atoms with van der Waals surface area (Å²) >= 11 is 0. The molecule has 0 saturated carbocycles. The highest BCUT2D eigenvalue weighted by atomic mass is 16.5. The van der Waals surface area contributed by atoms with E-state index in [1.54, 1.807) is 62.7 Å². The lowest BCUT2D eigenvalue weighted by atomic mass is 10.1. The largest absolute Gasteiger partial charge is 0.491 e. The topological polar surface area (TPSA) is 76.7 Å². The number of ether oxygens (including phenoxy) is 2. The summed E-state index contributed by atoms with van der Waals surface area (Å²) in [6.45, 7) is 0.966. The first kappa shape index (κ1) is 17.5. The van der Waals surface area contributed by atoms with Gasteiger partial charge in [0.2, 0.25) is 0 Å². The van der Waals surface area contributed by atoms with Crippen molar-refractivity contribution in [2.24, 2.45) is 0 Å². The fourth-order valence-electron chi connectivity index (χ4n) is 2.00. The van der Waals surface area contributed by atoms with Gasteiger partial charge in [-0.05, 0) is 48.5 Å². The van der Waals surface area contributed by atoms with Gasteiger partial charge in [-0.2, -0.15) is 0 Å². The quantitative estimate of drug-likeness (QED) is 0.765. The summed E-state index contributed by atoms with van der Waals surface area (Å²) in [4.78, 5) is 23.7. The van der Waals surface area contributed by atoms with Crippen LogP contribution >= 0.6 is 0 Å². The third-order valence-corrected chi connectivity index (χ3v) is 3.30. The van der Waals surface area contributed by atoms with Gasteiger partial charge < -0.3 is 20.1 Å². The summed E-state index contributed by atoms with van der Waals surface area (Å²) < 4.78 is 10.4. The molecule has 2 N–H and O–H groups in total. The molecule has 0 radical (unpaired) electrons. The number of hydrogen-bond acceptors (Lipinski definition) is 4. The Morgan fingerprint density at radius 2 is 1.46 bits per heavy atom. The maximum absolute atomic E-state index is 12.2. The van der Waals surface area contributed by atoms with Crippen molar-refractivity contribution in [3.8, 4) is 5.75 Å². The highest BCUT2D eigenvalue weighted by molar-refractivity contribution is 6.04. The second-order valence-electron chi connectivity index (χ2n) is 4.98. The summed E-state index contributed by atoms with van der Waals surface area (Å²) in [5.74, 6) is 0.279. The Kier molecular flexibility index (Phi) is 6.33. The lowest BCUT2D eigenvalue weighted by Crippen LogP contribution is -2.17. The number of amides is 2. The number of hydrogen-bond donors (Lipinski definition) is 2. The molecule has 2 aromatic rings. The van der Waals surface area contributed by atoms with Crippen LogP contribution in [0.25, 0.3) is 0 Å². The monoisotopic (exact) mass is 328 g/mol. The zero-order chi connectivity index (χ0) is 17.4. The molecule has 6 heteroatoms. The molecule has 0 spiro atoms. The first-order chi connectivity index (χ1) is 11.6. The van der Waals surface area contributed by atoms with Gasteiger partial charge in [-0.25, -0.2) is 0 Å². The average molecular weight is 328 g/mol. The van der Waals surface area contributed by atoms with Crippen LogP contribution in [-0.4, -0.2) is 39.2 Å². The van der Waals surface area contributed by atoms with Crippen molar-refractivity contribution in [2.45, 2.75) is 0 Å². The number of carbonyl (C=O) groups excluding carboxylic acids is 2. The highest BCUT2D eigenvalue weighted by Crippen LogP contribution is 2.15. The molecule has 2 rings (SSSR count). The van der Waals surface area contributed by atoms with Gasteiger partial charge in [0, 0.05) is 31.0 Å². The van der Waals surface area contributed by atoms with E-state index in [0.717, 1.165) is 0 Å². The first-order valence-electron chi connectivity index (χ1n) is 7.49. The van der Waals surface area contributed by atoms with Gasteiger partial charge in [-0.3, -0.25) is 9.59 Å². The normalized spacial score (nSPS) is 10.1. The minimum absolute atomic E-state index is 0.170. The van der Waals surface area contributed by atoms with Gasteiger partial charge in [0.1, 0.15) is 12.4 Å². The van der Waals surface area contributed by atoms with Crippen molar-refractivity contribution in [3.05, 3.63) is 59.7 Å². The number of nitrogens with one attached hydrogen (secondary N) is 2. The Bertz CT molecular complexity index is 681. The summed E-state index contributed by atoms with van der Waals surface area (Å²) in [7, 11) is 3.18. The van der Waals surface area contributed by atoms with Crippen LogP contribution in [0.1, 0.15) is 20.7 Å². The van der Waals surface area contributed by atoms with E-state index in [-0.39, 0.29) is 11.8 Å². The van der Waals surface area contributed by atoms with Gasteiger partial charge in [0.05, 0.1) is 6.61 Å². The number of rotatable bonds is 7. The molecule has 0 fully saturated rings. The fourth-order valence-corrected chi connectivity index (χ4v) is 2.00. The van der Waals surface area contributed by atoms with E-state index >= 15 is 0 Å². The van der Waals surface area contributed by atoms with Gasteiger partial charge in [-0.1, -0.05) is 0 Å². The van der Waals surface area contributed by atoms with Crippen molar-refractivity contribution in [3.63, 3.8) is 0 Å². The Labute approximate surface area is 140 Å². The van der Waals surface area contributed by atoms with E-state index in [1.165, 1.54) is 0 Å². The number of benzene rings is 2. The van der Waals surface area contributed by atoms with E-state index < -0.39 is 0 Å². The van der Waals surface area contributed by atoms with Gasteiger partial charge >= 0.3 is 0 Å². The molecule has 0 aliphatic rings. The fraction of sp³-hybridized carbons (Fsp3) is 0.222. The molecule has 2 amide bonds. The second kappa shape index (κ2) is 8.69. The summed E-state index contributed by atoms with van der Waals surface area (Å²) in [5.41, 5.74) is 1.67. The van der Waals surface area contributed by atoms with Crippen LogP contribution in [0, 0.1) is 0 Å². The zero-order valence-corrected chi connectivity index (χ0v) is 13.7. The van der Waals surface area contributed by atoms with Crippen LogP contribution in [-0.2, 0) is 4.74 Å². The van der Waals surface area contributed by atoms with E-state index in [9.17, 15) is 9.59 Å². The molecule has 0 saturated heterocycles. The molecule has 0 unspecified atom stereocenters. The number of carbonyl (C=O) groups is 2. The molecule has 126 valence electrons. The van der Waals surface area contributed by atoms with E-state index in [2.05, 4.69) is 10.6 Å². The smallest absolute Gasteiger partial charge is 0.255 e. The van der Waals surface area contributed by atoms with Crippen LogP contribution in [0.3, 0.4) is 0 Å². The summed E-state index contributed by atoms with van der Waals surface area (Å²) in [6, 6.07) is 13.5. The molecule has 0 bridgehead atoms. The van der Waals surface area contributed by atoms with Crippen LogP contribution in [0.2, 0.25) is 0 Å². The van der Waals surface area contributed by atoms with E-state index in [1.807, 2.05) is 0 Å². The predicted octanol–water partition coefficient (Wildman–Crippen LogP) is 2.32. The molecular weight excluding hydrogens is 308 g/mol. The predicted molar refractivity (Wildman–Crippen MR) is 91.6 cm³/mol. The Hall–Kier alpha value is -2.86. The van der Waals surface area contributed by atoms with Gasteiger partial charge in [0.25, 0.3) is 11.8 Å². The maximum atomic E-state index is 12.2. The molecule has 24 heavy (non-hydrogen) atoms. The molecule has 0 atom stereocenters. The lowest BCUT2D eigenvalue weighted by Gasteiger charge is -2.08. The van der Waals surface area contributed by atoms with E-state index in [4.69, 9.17) is 9.47 Å². The highest BCUT2D eigenvalue weighted by Gasteiger charge is 2.07. The number of methoxy groups -OCH3 is 1. The third kappa shape index (κ3) is 4.82. The van der Waals surface area contributed by atoms with Gasteiger partial charge in [-0.15, -0.1) is 0 Å². The maximum Gasteiger partial charge on any atom is 0.255 e. The Balaban J connectivity index is 1.95.